The predicted octanol–water partition coefficient (Wildman–Crippen LogP) is 4.53. The second-order valence-electron chi connectivity index (χ2n) is 6.73. The molecule has 0 saturated heterocycles. The van der Waals surface area contributed by atoms with Gasteiger partial charge in [-0.05, 0) is 48.0 Å². The third-order valence-corrected chi connectivity index (χ3v) is 4.40. The van der Waals surface area contributed by atoms with Crippen molar-refractivity contribution in [1.82, 2.24) is 0 Å². The Hall–Kier alpha value is -4.13. The minimum atomic E-state index is -0.455. The molecule has 6 nitrogen and oxygen atoms in total. The maximum absolute atomic E-state index is 13.0. The molecule has 0 spiro atoms. The van der Waals surface area contributed by atoms with E-state index in [2.05, 4.69) is 5.32 Å². The molecule has 31 heavy (non-hydrogen) atoms. The molecular formula is C24H18FNO5. The van der Waals surface area contributed by atoms with E-state index in [4.69, 9.17) is 13.9 Å². The number of rotatable bonds is 7. The summed E-state index contributed by atoms with van der Waals surface area (Å²) < 4.78 is 29.3. The van der Waals surface area contributed by atoms with Gasteiger partial charge in [-0.1, -0.05) is 18.2 Å². The van der Waals surface area contributed by atoms with Gasteiger partial charge in [0.05, 0.1) is 0 Å². The lowest BCUT2D eigenvalue weighted by Gasteiger charge is -2.10. The molecule has 0 fully saturated rings. The van der Waals surface area contributed by atoms with Gasteiger partial charge in [0.2, 0.25) is 0 Å². The van der Waals surface area contributed by atoms with E-state index in [1.54, 1.807) is 60.7 Å². The van der Waals surface area contributed by atoms with Crippen molar-refractivity contribution in [3.05, 3.63) is 101 Å². The lowest BCUT2D eigenvalue weighted by molar-refractivity contribution is -0.118. The Morgan fingerprint density at radius 3 is 2.52 bits per heavy atom. The molecular weight excluding hydrogens is 401 g/mol. The molecule has 156 valence electrons. The van der Waals surface area contributed by atoms with Gasteiger partial charge in [0.15, 0.2) is 6.61 Å². The topological polar surface area (TPSA) is 77.8 Å². The lowest BCUT2D eigenvalue weighted by Crippen LogP contribution is -2.20. The van der Waals surface area contributed by atoms with Gasteiger partial charge >= 0.3 is 5.63 Å². The minimum Gasteiger partial charge on any atom is -0.489 e. The number of hydrogen-bond donors (Lipinski definition) is 1. The molecule has 0 atom stereocenters. The number of ether oxygens (including phenoxy) is 2. The largest absolute Gasteiger partial charge is 0.489 e. The zero-order chi connectivity index (χ0) is 21.6. The summed E-state index contributed by atoms with van der Waals surface area (Å²) in [5.41, 5.74) is 1.31. The highest BCUT2D eigenvalue weighted by Gasteiger charge is 2.07. The Bertz CT molecular complexity index is 1270. The Labute approximate surface area is 176 Å². The fraction of sp³-hybridized carbons (Fsp3) is 0.0833. The number of carbonyl (C=O) groups is 1. The van der Waals surface area contributed by atoms with Crippen molar-refractivity contribution in [3.63, 3.8) is 0 Å². The predicted molar refractivity (Wildman–Crippen MR) is 114 cm³/mol. The molecule has 4 rings (SSSR count). The van der Waals surface area contributed by atoms with Crippen LogP contribution in [0.15, 0.2) is 88.1 Å². The standard InChI is InChI=1S/C24H18FNO5/c25-18-8-4-16(5-9-18)14-29-20-3-1-2-19(12-20)26-23(27)15-30-21-10-6-17-7-11-24(28)31-22(17)13-21/h1-13H,14-15H2,(H,26,27). The summed E-state index contributed by atoms with van der Waals surface area (Å²) in [6.07, 6.45) is 0. The second kappa shape index (κ2) is 9.13. The monoisotopic (exact) mass is 419 g/mol. The summed E-state index contributed by atoms with van der Waals surface area (Å²) >= 11 is 0. The molecule has 3 aromatic carbocycles. The van der Waals surface area contributed by atoms with Gasteiger partial charge in [0.25, 0.3) is 5.91 Å². The van der Waals surface area contributed by atoms with Crippen LogP contribution in [0.1, 0.15) is 5.56 Å². The van der Waals surface area contributed by atoms with Crippen molar-refractivity contribution in [1.29, 1.82) is 0 Å². The first kappa shape index (κ1) is 20.2. The van der Waals surface area contributed by atoms with E-state index in [9.17, 15) is 14.0 Å². The van der Waals surface area contributed by atoms with Crippen LogP contribution < -0.4 is 20.4 Å². The molecule has 0 radical (unpaired) electrons. The summed E-state index contributed by atoms with van der Waals surface area (Å²) in [5.74, 6) is 0.315. The van der Waals surface area contributed by atoms with Crippen LogP contribution in [0, 0.1) is 5.82 Å². The van der Waals surface area contributed by atoms with E-state index in [1.807, 2.05) is 0 Å². The molecule has 1 amide bonds. The van der Waals surface area contributed by atoms with Crippen molar-refractivity contribution < 1.29 is 23.1 Å². The number of fused-ring (bicyclic) bond motifs is 1. The van der Waals surface area contributed by atoms with Crippen LogP contribution in [0.5, 0.6) is 11.5 Å². The fourth-order valence-electron chi connectivity index (χ4n) is 2.89. The van der Waals surface area contributed by atoms with Gasteiger partial charge in [-0.15, -0.1) is 0 Å². The van der Waals surface area contributed by atoms with E-state index in [0.29, 0.717) is 22.8 Å². The lowest BCUT2D eigenvalue weighted by atomic mass is 10.2. The van der Waals surface area contributed by atoms with Gasteiger partial charge < -0.3 is 19.2 Å². The highest BCUT2D eigenvalue weighted by molar-refractivity contribution is 5.92. The Morgan fingerprint density at radius 1 is 0.903 bits per heavy atom. The number of benzene rings is 3. The van der Waals surface area contributed by atoms with Crippen LogP contribution >= 0.6 is 0 Å². The third kappa shape index (κ3) is 5.48. The fourth-order valence-corrected chi connectivity index (χ4v) is 2.89. The molecule has 0 saturated carbocycles. The maximum atomic E-state index is 13.0. The Balaban J connectivity index is 1.32. The molecule has 0 aliphatic rings. The van der Waals surface area contributed by atoms with Crippen molar-refractivity contribution in [3.8, 4) is 11.5 Å². The van der Waals surface area contributed by atoms with Crippen molar-refractivity contribution in [2.45, 2.75) is 6.61 Å². The number of hydrogen-bond acceptors (Lipinski definition) is 5. The van der Waals surface area contributed by atoms with E-state index < -0.39 is 5.63 Å². The van der Waals surface area contributed by atoms with E-state index in [-0.39, 0.29) is 24.9 Å². The molecule has 1 N–H and O–H groups in total. The molecule has 0 aliphatic heterocycles. The maximum Gasteiger partial charge on any atom is 0.336 e. The Kier molecular flexibility index (Phi) is 5.93. The molecule has 0 bridgehead atoms. The molecule has 7 heteroatoms. The molecule has 1 heterocycles. The van der Waals surface area contributed by atoms with E-state index in [1.165, 1.54) is 18.2 Å². The average molecular weight is 419 g/mol. The van der Waals surface area contributed by atoms with Crippen molar-refractivity contribution in [2.75, 3.05) is 11.9 Å². The number of nitrogens with one attached hydrogen (secondary N) is 1. The highest BCUT2D eigenvalue weighted by atomic mass is 19.1. The SMILES string of the molecule is O=C(COc1ccc2ccc(=O)oc2c1)Nc1cccc(OCc2ccc(F)cc2)c1. The van der Waals surface area contributed by atoms with Crippen LogP contribution in [0.25, 0.3) is 11.0 Å². The molecule has 4 aromatic rings. The van der Waals surface area contributed by atoms with Gasteiger partial charge in [0, 0.05) is 29.3 Å². The van der Waals surface area contributed by atoms with Crippen molar-refractivity contribution in [2.24, 2.45) is 0 Å². The zero-order valence-corrected chi connectivity index (χ0v) is 16.3. The third-order valence-electron chi connectivity index (χ3n) is 4.40. The van der Waals surface area contributed by atoms with Crippen LogP contribution in [0.2, 0.25) is 0 Å². The van der Waals surface area contributed by atoms with Crippen LogP contribution in [-0.4, -0.2) is 12.5 Å². The van der Waals surface area contributed by atoms with E-state index >= 15 is 0 Å². The first-order valence-corrected chi connectivity index (χ1v) is 9.49. The second-order valence-corrected chi connectivity index (χ2v) is 6.73. The van der Waals surface area contributed by atoms with Gasteiger partial charge in [-0.25, -0.2) is 9.18 Å². The Morgan fingerprint density at radius 2 is 1.68 bits per heavy atom. The number of anilines is 1. The highest BCUT2D eigenvalue weighted by Crippen LogP contribution is 2.21. The minimum absolute atomic E-state index is 0.219. The summed E-state index contributed by atoms with van der Waals surface area (Å²) in [4.78, 5) is 23.6. The molecule has 1 aromatic heterocycles. The summed E-state index contributed by atoms with van der Waals surface area (Å²) in [6, 6.07) is 21.0. The number of carbonyl (C=O) groups excluding carboxylic acids is 1. The van der Waals surface area contributed by atoms with Gasteiger partial charge in [-0.2, -0.15) is 0 Å². The first-order chi connectivity index (χ1) is 15.0. The van der Waals surface area contributed by atoms with Crippen molar-refractivity contribution >= 4 is 22.6 Å². The van der Waals surface area contributed by atoms with Crippen LogP contribution in [-0.2, 0) is 11.4 Å². The van der Waals surface area contributed by atoms with Crippen LogP contribution in [0.4, 0.5) is 10.1 Å². The molecule has 0 aliphatic carbocycles. The quantitative estimate of drug-likeness (QED) is 0.446. The smallest absolute Gasteiger partial charge is 0.336 e. The van der Waals surface area contributed by atoms with E-state index in [0.717, 1.165) is 10.9 Å². The van der Waals surface area contributed by atoms with Gasteiger partial charge in [0.1, 0.15) is 29.5 Å². The summed E-state index contributed by atoms with van der Waals surface area (Å²) in [6.45, 7) is 0.0577. The average Bonchev–Trinajstić information content (AvgIpc) is 2.77. The number of amides is 1. The first-order valence-electron chi connectivity index (χ1n) is 9.49. The van der Waals surface area contributed by atoms with Crippen LogP contribution in [0.3, 0.4) is 0 Å². The summed E-state index contributed by atoms with van der Waals surface area (Å²) in [5, 5.41) is 3.50. The summed E-state index contributed by atoms with van der Waals surface area (Å²) in [7, 11) is 0. The molecule has 0 unspecified atom stereocenters. The normalized spacial score (nSPS) is 10.6. The number of halogens is 1. The van der Waals surface area contributed by atoms with Gasteiger partial charge in [-0.3, -0.25) is 4.79 Å². The zero-order valence-electron chi connectivity index (χ0n) is 16.3.